The Bertz CT molecular complexity index is 845. The lowest BCUT2D eigenvalue weighted by molar-refractivity contribution is -0.137. The molecule has 26 heavy (non-hydrogen) atoms. The van der Waals surface area contributed by atoms with E-state index < -0.39 is 11.7 Å². The standard InChI is InChI=1S/C23H23F3/c1-16(19-12-5-7-14-21(19)23(24,25)26)9-8-11-18-10-4-6-13-20(18)22(3)15-17(22)2/h4-10,12-14,17H,1,11,15H2,2-3H3/b9-8-. The molecular formula is C23H23F3. The molecule has 0 N–H and O–H groups in total. The Balaban J connectivity index is 1.78. The van der Waals surface area contributed by atoms with Crippen LogP contribution in [-0.2, 0) is 18.0 Å². The summed E-state index contributed by atoms with van der Waals surface area (Å²) in [5, 5.41) is 0. The van der Waals surface area contributed by atoms with Crippen molar-refractivity contribution in [3.05, 3.63) is 89.5 Å². The minimum atomic E-state index is -4.38. The van der Waals surface area contributed by atoms with Crippen LogP contribution in [0.5, 0.6) is 0 Å². The molecule has 3 rings (SSSR count). The first-order valence-corrected chi connectivity index (χ1v) is 8.84. The average Bonchev–Trinajstić information content (AvgIpc) is 3.22. The summed E-state index contributed by atoms with van der Waals surface area (Å²) in [5.41, 5.74) is 2.67. The molecule has 2 unspecified atom stereocenters. The number of halogens is 3. The van der Waals surface area contributed by atoms with Gasteiger partial charge in [0.05, 0.1) is 5.56 Å². The molecule has 2 atom stereocenters. The van der Waals surface area contributed by atoms with Gasteiger partial charge in [-0.3, -0.25) is 0 Å². The van der Waals surface area contributed by atoms with Gasteiger partial charge in [-0.25, -0.2) is 0 Å². The molecule has 0 aromatic heterocycles. The van der Waals surface area contributed by atoms with Gasteiger partial charge < -0.3 is 0 Å². The second-order valence-electron chi connectivity index (χ2n) is 7.35. The van der Waals surface area contributed by atoms with E-state index in [2.05, 4.69) is 38.6 Å². The Morgan fingerprint density at radius 1 is 1.15 bits per heavy atom. The molecule has 0 spiro atoms. The van der Waals surface area contributed by atoms with E-state index in [9.17, 15) is 13.2 Å². The van der Waals surface area contributed by atoms with Gasteiger partial charge in [0.2, 0.25) is 0 Å². The highest BCUT2D eigenvalue weighted by Crippen LogP contribution is 2.54. The largest absolute Gasteiger partial charge is 0.417 e. The lowest BCUT2D eigenvalue weighted by Crippen LogP contribution is -2.08. The van der Waals surface area contributed by atoms with Crippen LogP contribution in [0.4, 0.5) is 13.2 Å². The van der Waals surface area contributed by atoms with Crippen LogP contribution in [0.1, 0.15) is 42.5 Å². The third kappa shape index (κ3) is 3.62. The van der Waals surface area contributed by atoms with Crippen molar-refractivity contribution < 1.29 is 13.2 Å². The second-order valence-corrected chi connectivity index (χ2v) is 7.35. The Labute approximate surface area is 153 Å². The fraction of sp³-hybridized carbons (Fsp3) is 0.304. The van der Waals surface area contributed by atoms with Gasteiger partial charge in [-0.15, -0.1) is 0 Å². The van der Waals surface area contributed by atoms with Gasteiger partial charge in [0, 0.05) is 0 Å². The Kier molecular flexibility index (Phi) is 4.83. The third-order valence-electron chi connectivity index (χ3n) is 5.53. The van der Waals surface area contributed by atoms with E-state index in [1.54, 1.807) is 12.1 Å². The molecule has 0 heterocycles. The molecule has 136 valence electrons. The summed E-state index contributed by atoms with van der Waals surface area (Å²) >= 11 is 0. The van der Waals surface area contributed by atoms with Crippen LogP contribution < -0.4 is 0 Å². The fourth-order valence-electron chi connectivity index (χ4n) is 3.64. The molecule has 0 bridgehead atoms. The maximum Gasteiger partial charge on any atom is 0.417 e. The van der Waals surface area contributed by atoms with Crippen molar-refractivity contribution in [1.82, 2.24) is 0 Å². The maximum absolute atomic E-state index is 13.2. The van der Waals surface area contributed by atoms with E-state index in [0.717, 1.165) is 6.07 Å². The molecule has 0 aliphatic heterocycles. The summed E-state index contributed by atoms with van der Waals surface area (Å²) in [4.78, 5) is 0. The average molecular weight is 356 g/mol. The predicted molar refractivity (Wildman–Crippen MR) is 101 cm³/mol. The molecule has 2 aromatic carbocycles. The van der Waals surface area contributed by atoms with Crippen LogP contribution in [0.2, 0.25) is 0 Å². The molecule has 0 nitrogen and oxygen atoms in total. The van der Waals surface area contributed by atoms with E-state index in [1.807, 2.05) is 12.1 Å². The van der Waals surface area contributed by atoms with Crippen molar-refractivity contribution in [2.24, 2.45) is 5.92 Å². The van der Waals surface area contributed by atoms with Crippen LogP contribution in [-0.4, -0.2) is 0 Å². The number of alkyl halides is 3. The van der Waals surface area contributed by atoms with Crippen molar-refractivity contribution in [2.45, 2.75) is 38.3 Å². The van der Waals surface area contributed by atoms with Gasteiger partial charge in [-0.1, -0.05) is 75.0 Å². The summed E-state index contributed by atoms with van der Waals surface area (Å²) in [6, 6.07) is 13.9. The van der Waals surface area contributed by atoms with Crippen LogP contribution >= 0.6 is 0 Å². The summed E-state index contributed by atoms with van der Waals surface area (Å²) in [6.45, 7) is 8.37. The Hall–Kier alpha value is -2.29. The number of benzene rings is 2. The molecule has 0 saturated heterocycles. The van der Waals surface area contributed by atoms with Crippen molar-refractivity contribution in [2.75, 3.05) is 0 Å². The number of hydrogen-bond donors (Lipinski definition) is 0. The normalized spacial score (nSPS) is 22.6. The minimum Gasteiger partial charge on any atom is -0.166 e. The summed E-state index contributed by atoms with van der Waals surface area (Å²) in [5.74, 6) is 0.668. The molecule has 1 aliphatic rings. The molecule has 0 radical (unpaired) electrons. The van der Waals surface area contributed by atoms with E-state index >= 15 is 0 Å². The zero-order chi connectivity index (χ0) is 18.9. The Morgan fingerprint density at radius 3 is 2.42 bits per heavy atom. The van der Waals surface area contributed by atoms with E-state index in [1.165, 1.54) is 29.7 Å². The van der Waals surface area contributed by atoms with E-state index in [-0.39, 0.29) is 11.0 Å². The summed E-state index contributed by atoms with van der Waals surface area (Å²) in [7, 11) is 0. The van der Waals surface area contributed by atoms with Crippen LogP contribution in [0.3, 0.4) is 0 Å². The zero-order valence-electron chi connectivity index (χ0n) is 15.1. The van der Waals surface area contributed by atoms with Gasteiger partial charge in [-0.2, -0.15) is 13.2 Å². The molecule has 1 fully saturated rings. The van der Waals surface area contributed by atoms with Gasteiger partial charge in [0.25, 0.3) is 0 Å². The third-order valence-corrected chi connectivity index (χ3v) is 5.53. The zero-order valence-corrected chi connectivity index (χ0v) is 15.1. The number of rotatable bonds is 5. The second kappa shape index (κ2) is 6.79. The highest BCUT2D eigenvalue weighted by Gasteiger charge is 2.48. The van der Waals surface area contributed by atoms with Gasteiger partial charge in [0.1, 0.15) is 0 Å². The van der Waals surface area contributed by atoms with Crippen molar-refractivity contribution in [3.63, 3.8) is 0 Å². The first-order chi connectivity index (χ1) is 12.2. The maximum atomic E-state index is 13.2. The molecule has 1 aliphatic carbocycles. The monoisotopic (exact) mass is 356 g/mol. The van der Waals surface area contributed by atoms with Crippen molar-refractivity contribution >= 4 is 5.57 Å². The summed E-state index contributed by atoms with van der Waals surface area (Å²) in [6.07, 6.45) is 1.09. The smallest absolute Gasteiger partial charge is 0.166 e. The lowest BCUT2D eigenvalue weighted by Gasteiger charge is -2.15. The van der Waals surface area contributed by atoms with Crippen molar-refractivity contribution in [1.29, 1.82) is 0 Å². The first kappa shape index (κ1) is 18.5. The SMILES string of the molecule is C=C(/C=C\Cc1ccccc1C1(C)CC1C)c1ccccc1C(F)(F)F. The van der Waals surface area contributed by atoms with Crippen molar-refractivity contribution in [3.8, 4) is 0 Å². The predicted octanol–water partition coefficient (Wildman–Crippen LogP) is 6.82. The topological polar surface area (TPSA) is 0 Å². The molecular weight excluding hydrogens is 333 g/mol. The van der Waals surface area contributed by atoms with Gasteiger partial charge in [-0.05, 0) is 52.5 Å². The molecule has 3 heteroatoms. The molecule has 1 saturated carbocycles. The number of hydrogen-bond acceptors (Lipinski definition) is 0. The number of allylic oxidation sites excluding steroid dienone is 3. The highest BCUT2D eigenvalue weighted by molar-refractivity contribution is 5.74. The van der Waals surface area contributed by atoms with E-state index in [0.29, 0.717) is 17.9 Å². The summed E-state index contributed by atoms with van der Waals surface area (Å²) < 4.78 is 39.5. The molecule has 2 aromatic rings. The fourth-order valence-corrected chi connectivity index (χ4v) is 3.64. The van der Waals surface area contributed by atoms with Crippen LogP contribution in [0, 0.1) is 5.92 Å². The quantitative estimate of drug-likeness (QED) is 0.516. The van der Waals surface area contributed by atoms with Gasteiger partial charge >= 0.3 is 6.18 Å². The first-order valence-electron chi connectivity index (χ1n) is 8.84. The molecule has 0 amide bonds. The minimum absolute atomic E-state index is 0.132. The van der Waals surface area contributed by atoms with E-state index in [4.69, 9.17) is 0 Å². The van der Waals surface area contributed by atoms with Crippen LogP contribution in [0.25, 0.3) is 5.57 Å². The lowest BCUT2D eigenvalue weighted by atomic mass is 9.89. The Morgan fingerprint density at radius 2 is 1.77 bits per heavy atom. The van der Waals surface area contributed by atoms with Gasteiger partial charge in [0.15, 0.2) is 0 Å². The van der Waals surface area contributed by atoms with Crippen LogP contribution in [0.15, 0.2) is 67.3 Å². The highest BCUT2D eigenvalue weighted by atomic mass is 19.4.